The largest absolute Gasteiger partial charge is 0.494 e. The summed E-state index contributed by atoms with van der Waals surface area (Å²) in [5.41, 5.74) is 11.1. The Kier molecular flexibility index (Phi) is 7.98. The molecule has 0 aliphatic rings. The number of aromatic nitrogens is 2. The molecular weight excluding hydrogens is 466 g/mol. The molecule has 1 aromatic heterocycles. The maximum Gasteiger partial charge on any atom is 0.333 e. The predicted octanol–water partition coefficient (Wildman–Crippen LogP) is 4.29. The van der Waals surface area contributed by atoms with Crippen LogP contribution in [0.2, 0.25) is 0 Å². The van der Waals surface area contributed by atoms with E-state index in [9.17, 15) is 4.79 Å². The first-order valence-electron chi connectivity index (χ1n) is 12.3. The van der Waals surface area contributed by atoms with Gasteiger partial charge in [0.1, 0.15) is 17.2 Å². The van der Waals surface area contributed by atoms with Crippen LogP contribution in [-0.2, 0) is 13.0 Å². The molecular formula is C29H33N5O3. The molecule has 0 fully saturated rings. The average molecular weight is 500 g/mol. The third-order valence-electron chi connectivity index (χ3n) is 6.44. The Balaban J connectivity index is 1.73. The van der Waals surface area contributed by atoms with Crippen LogP contribution in [0.1, 0.15) is 36.6 Å². The van der Waals surface area contributed by atoms with E-state index in [2.05, 4.69) is 12.0 Å². The van der Waals surface area contributed by atoms with Crippen LogP contribution in [0.5, 0.6) is 11.5 Å². The van der Waals surface area contributed by atoms with Gasteiger partial charge >= 0.3 is 5.69 Å². The summed E-state index contributed by atoms with van der Waals surface area (Å²) in [4.78, 5) is 13.7. The lowest BCUT2D eigenvalue weighted by Crippen LogP contribution is -2.25. The van der Waals surface area contributed by atoms with E-state index in [-0.39, 0.29) is 11.5 Å². The zero-order chi connectivity index (χ0) is 26.4. The molecule has 4 N–H and O–H groups in total. The fourth-order valence-electron chi connectivity index (χ4n) is 4.48. The molecule has 0 saturated carbocycles. The van der Waals surface area contributed by atoms with E-state index in [0.717, 1.165) is 47.2 Å². The molecule has 0 atom stereocenters. The summed E-state index contributed by atoms with van der Waals surface area (Å²) >= 11 is 0. The molecule has 0 unspecified atom stereocenters. The van der Waals surface area contributed by atoms with Gasteiger partial charge in [-0.15, -0.1) is 0 Å². The second kappa shape index (κ2) is 11.5. The van der Waals surface area contributed by atoms with Gasteiger partial charge in [0.05, 0.1) is 20.8 Å². The van der Waals surface area contributed by atoms with Crippen LogP contribution in [0.4, 0.5) is 0 Å². The van der Waals surface area contributed by atoms with Gasteiger partial charge < -0.3 is 21.1 Å². The number of nitrogens with zero attached hydrogens (tertiary/aromatic N) is 3. The number of nitrogens with two attached hydrogens (primary N) is 2. The number of aryl methyl sites for hydroxylation is 1. The van der Waals surface area contributed by atoms with E-state index in [1.807, 2.05) is 77.5 Å². The minimum absolute atomic E-state index is 0.143. The minimum Gasteiger partial charge on any atom is -0.494 e. The molecule has 0 radical (unpaired) electrons. The minimum atomic E-state index is -0.143. The van der Waals surface area contributed by atoms with Gasteiger partial charge in [0.25, 0.3) is 0 Å². The second-order valence-electron chi connectivity index (χ2n) is 8.73. The highest BCUT2D eigenvalue weighted by molar-refractivity contribution is 6.03. The van der Waals surface area contributed by atoms with Gasteiger partial charge in [0.15, 0.2) is 5.84 Å². The first-order valence-corrected chi connectivity index (χ1v) is 12.3. The number of hydrogen-bond donors (Lipinski definition) is 2. The molecule has 0 saturated heterocycles. The molecule has 0 amide bonds. The highest BCUT2D eigenvalue weighted by atomic mass is 16.5. The van der Waals surface area contributed by atoms with Gasteiger partial charge in [-0.05, 0) is 41.7 Å². The second-order valence-corrected chi connectivity index (χ2v) is 8.73. The standard InChI is InChI=1S/C29H33N5O3/c1-4-5-9-22-19-34(27-25(36-2)12-8-13-26(27)37-3)29(35)33(22)18-20-14-16-21(17-15-20)23-10-6-7-11-24(23)28(30)32-31/h6-8,10-17,19H,4-5,9,18,31H2,1-3H3,(H2,30,32). The van der Waals surface area contributed by atoms with Crippen molar-refractivity contribution in [2.24, 2.45) is 16.7 Å². The van der Waals surface area contributed by atoms with Crippen molar-refractivity contribution in [3.05, 3.63) is 100 Å². The van der Waals surface area contributed by atoms with Crippen LogP contribution >= 0.6 is 0 Å². The lowest BCUT2D eigenvalue weighted by molar-refractivity contribution is 0.390. The summed E-state index contributed by atoms with van der Waals surface area (Å²) < 4.78 is 14.6. The van der Waals surface area contributed by atoms with Crippen LogP contribution in [0.3, 0.4) is 0 Å². The van der Waals surface area contributed by atoms with Crippen molar-refractivity contribution >= 4 is 5.84 Å². The van der Waals surface area contributed by atoms with E-state index in [1.165, 1.54) is 0 Å². The molecule has 0 bridgehead atoms. The van der Waals surface area contributed by atoms with Crippen LogP contribution < -0.4 is 26.7 Å². The van der Waals surface area contributed by atoms with Gasteiger partial charge in [-0.1, -0.05) is 67.9 Å². The van der Waals surface area contributed by atoms with E-state index in [1.54, 1.807) is 18.8 Å². The molecule has 3 aromatic carbocycles. The average Bonchev–Trinajstić information content (AvgIpc) is 3.25. The van der Waals surface area contributed by atoms with Crippen LogP contribution in [0.15, 0.2) is 82.8 Å². The number of amidine groups is 1. The van der Waals surface area contributed by atoms with Crippen LogP contribution in [0.25, 0.3) is 16.8 Å². The Morgan fingerprint density at radius 1 is 0.946 bits per heavy atom. The highest BCUT2D eigenvalue weighted by Crippen LogP contribution is 2.32. The van der Waals surface area contributed by atoms with Crippen molar-refractivity contribution in [3.8, 4) is 28.3 Å². The maximum absolute atomic E-state index is 13.7. The van der Waals surface area contributed by atoms with E-state index in [0.29, 0.717) is 23.7 Å². The summed E-state index contributed by atoms with van der Waals surface area (Å²) in [6.07, 6.45) is 4.70. The predicted molar refractivity (Wildman–Crippen MR) is 148 cm³/mol. The number of para-hydroxylation sites is 1. The van der Waals surface area contributed by atoms with Crippen LogP contribution in [-0.4, -0.2) is 29.2 Å². The van der Waals surface area contributed by atoms with E-state index < -0.39 is 0 Å². The molecule has 8 heteroatoms. The van der Waals surface area contributed by atoms with E-state index >= 15 is 0 Å². The Labute approximate surface area is 216 Å². The fourth-order valence-corrected chi connectivity index (χ4v) is 4.48. The molecule has 1 heterocycles. The van der Waals surface area contributed by atoms with Gasteiger partial charge in [-0.3, -0.25) is 9.13 Å². The summed E-state index contributed by atoms with van der Waals surface area (Å²) in [6.45, 7) is 2.58. The van der Waals surface area contributed by atoms with Gasteiger partial charge in [-0.2, -0.15) is 5.10 Å². The third kappa shape index (κ3) is 5.23. The first-order chi connectivity index (χ1) is 18.0. The smallest absolute Gasteiger partial charge is 0.333 e. The zero-order valence-electron chi connectivity index (χ0n) is 21.5. The van der Waals surface area contributed by atoms with Gasteiger partial charge in [-0.25, -0.2) is 4.79 Å². The Bertz CT molecular complexity index is 1430. The van der Waals surface area contributed by atoms with Gasteiger partial charge in [0.2, 0.25) is 0 Å². The molecule has 0 aliphatic carbocycles. The van der Waals surface area contributed by atoms with Crippen molar-refractivity contribution in [1.82, 2.24) is 9.13 Å². The topological polar surface area (TPSA) is 110 Å². The Hall–Kier alpha value is -4.46. The number of imidazole rings is 1. The van der Waals surface area contributed by atoms with E-state index in [4.69, 9.17) is 21.1 Å². The van der Waals surface area contributed by atoms with Crippen molar-refractivity contribution in [3.63, 3.8) is 0 Å². The summed E-state index contributed by atoms with van der Waals surface area (Å²) in [6, 6.07) is 21.3. The lowest BCUT2D eigenvalue weighted by atomic mass is 9.98. The van der Waals surface area contributed by atoms with Crippen molar-refractivity contribution in [1.29, 1.82) is 0 Å². The van der Waals surface area contributed by atoms with Crippen molar-refractivity contribution in [2.75, 3.05) is 14.2 Å². The highest BCUT2D eigenvalue weighted by Gasteiger charge is 2.19. The molecule has 192 valence electrons. The number of rotatable bonds is 10. The summed E-state index contributed by atoms with van der Waals surface area (Å²) in [5.74, 6) is 6.84. The quantitative estimate of drug-likeness (QED) is 0.146. The molecule has 4 aromatic rings. The fraction of sp³-hybridized carbons (Fsp3) is 0.241. The molecule has 4 rings (SSSR count). The SMILES string of the molecule is CCCCc1cn(-c2c(OC)cccc2OC)c(=O)n1Cc1ccc(-c2ccccc2/C(N)=N/N)cc1. The molecule has 37 heavy (non-hydrogen) atoms. The number of hydrogen-bond acceptors (Lipinski definition) is 5. The molecule has 0 spiro atoms. The number of benzene rings is 3. The summed E-state index contributed by atoms with van der Waals surface area (Å²) in [7, 11) is 3.18. The maximum atomic E-state index is 13.7. The number of hydrazone groups is 1. The Morgan fingerprint density at radius 3 is 2.24 bits per heavy atom. The lowest BCUT2D eigenvalue weighted by Gasteiger charge is -2.13. The molecule has 0 aliphatic heterocycles. The number of methoxy groups -OCH3 is 2. The number of ether oxygens (including phenoxy) is 2. The third-order valence-corrected chi connectivity index (χ3v) is 6.44. The van der Waals surface area contributed by atoms with Crippen molar-refractivity contribution < 1.29 is 9.47 Å². The first kappa shape index (κ1) is 25.6. The van der Waals surface area contributed by atoms with Crippen LogP contribution in [0, 0.1) is 0 Å². The monoisotopic (exact) mass is 499 g/mol. The Morgan fingerprint density at radius 2 is 1.62 bits per heavy atom. The number of unbranched alkanes of at least 4 members (excludes halogenated alkanes) is 1. The normalized spacial score (nSPS) is 11.5. The van der Waals surface area contributed by atoms with Gasteiger partial charge in [0, 0.05) is 17.5 Å². The van der Waals surface area contributed by atoms with Crippen molar-refractivity contribution in [2.45, 2.75) is 32.7 Å². The summed E-state index contributed by atoms with van der Waals surface area (Å²) in [5, 5.41) is 3.65. The zero-order valence-corrected chi connectivity index (χ0v) is 21.5. The molecule has 8 nitrogen and oxygen atoms in total.